The second-order valence-corrected chi connectivity index (χ2v) is 5.98. The minimum Gasteiger partial charge on any atom is -0.367 e. The van der Waals surface area contributed by atoms with Crippen LogP contribution in [0.4, 0.5) is 17.5 Å². The predicted molar refractivity (Wildman–Crippen MR) is 91.8 cm³/mol. The van der Waals surface area contributed by atoms with Crippen LogP contribution in [0.15, 0.2) is 30.5 Å². The third-order valence-electron chi connectivity index (χ3n) is 4.34. The van der Waals surface area contributed by atoms with E-state index in [0.29, 0.717) is 12.0 Å². The molecule has 0 radical (unpaired) electrons. The molecule has 0 atom stereocenters. The molecule has 0 aliphatic heterocycles. The van der Waals surface area contributed by atoms with E-state index in [2.05, 4.69) is 52.6 Å². The molecule has 4 heteroatoms. The molecule has 0 spiro atoms. The van der Waals surface area contributed by atoms with Crippen molar-refractivity contribution in [2.75, 3.05) is 10.6 Å². The third kappa shape index (κ3) is 3.38. The molecule has 3 rings (SSSR count). The number of hydrogen-bond donors (Lipinski definition) is 2. The van der Waals surface area contributed by atoms with Crippen molar-refractivity contribution >= 4 is 17.5 Å². The predicted octanol–water partition coefficient (Wildman–Crippen LogP) is 4.45. The zero-order valence-corrected chi connectivity index (χ0v) is 13.4. The van der Waals surface area contributed by atoms with E-state index in [4.69, 9.17) is 0 Å². The standard InChI is InChI=1S/C18H24N4/c1-3-14-8-6-7-13(2)17(14)22-18-19-12-11-16(21-18)20-15-9-4-5-10-15/h6-8,11-12,15H,3-5,9-10H2,1-2H3,(H2,19,20,21,22). The summed E-state index contributed by atoms with van der Waals surface area (Å²) in [7, 11) is 0. The van der Waals surface area contributed by atoms with E-state index in [-0.39, 0.29) is 0 Å². The number of nitrogens with one attached hydrogen (secondary N) is 2. The van der Waals surface area contributed by atoms with Gasteiger partial charge in [0.1, 0.15) is 5.82 Å². The van der Waals surface area contributed by atoms with E-state index in [9.17, 15) is 0 Å². The van der Waals surface area contributed by atoms with Gasteiger partial charge in [-0.1, -0.05) is 38.0 Å². The van der Waals surface area contributed by atoms with Gasteiger partial charge in [-0.25, -0.2) is 4.98 Å². The maximum Gasteiger partial charge on any atom is 0.229 e. The van der Waals surface area contributed by atoms with Crippen LogP contribution in [0.3, 0.4) is 0 Å². The van der Waals surface area contributed by atoms with E-state index >= 15 is 0 Å². The molecule has 1 aromatic carbocycles. The number of aryl methyl sites for hydroxylation is 2. The number of nitrogens with zero attached hydrogens (tertiary/aromatic N) is 2. The van der Waals surface area contributed by atoms with Crippen LogP contribution in [0.25, 0.3) is 0 Å². The third-order valence-corrected chi connectivity index (χ3v) is 4.34. The van der Waals surface area contributed by atoms with Crippen LogP contribution < -0.4 is 10.6 Å². The van der Waals surface area contributed by atoms with Crippen molar-refractivity contribution in [2.24, 2.45) is 0 Å². The van der Waals surface area contributed by atoms with E-state index < -0.39 is 0 Å². The highest BCUT2D eigenvalue weighted by molar-refractivity contribution is 5.63. The lowest BCUT2D eigenvalue weighted by Crippen LogP contribution is -2.16. The van der Waals surface area contributed by atoms with E-state index in [1.165, 1.54) is 36.8 Å². The highest BCUT2D eigenvalue weighted by Gasteiger charge is 2.15. The Balaban J connectivity index is 1.78. The number of rotatable bonds is 5. The Bertz CT molecular complexity index is 633. The smallest absolute Gasteiger partial charge is 0.229 e. The van der Waals surface area contributed by atoms with E-state index in [0.717, 1.165) is 17.9 Å². The fourth-order valence-electron chi connectivity index (χ4n) is 3.09. The molecule has 4 nitrogen and oxygen atoms in total. The first kappa shape index (κ1) is 14.8. The Morgan fingerprint density at radius 1 is 1.18 bits per heavy atom. The van der Waals surface area contributed by atoms with E-state index in [1.54, 1.807) is 0 Å². The summed E-state index contributed by atoms with van der Waals surface area (Å²) in [5, 5.41) is 6.91. The number of aromatic nitrogens is 2. The SMILES string of the molecule is CCc1cccc(C)c1Nc1nccc(NC2CCCC2)n1. The summed E-state index contributed by atoms with van der Waals surface area (Å²) in [5.74, 6) is 1.57. The summed E-state index contributed by atoms with van der Waals surface area (Å²) in [6.07, 6.45) is 7.92. The van der Waals surface area contributed by atoms with Crippen LogP contribution in [-0.4, -0.2) is 16.0 Å². The molecule has 1 aliphatic carbocycles. The summed E-state index contributed by atoms with van der Waals surface area (Å²) >= 11 is 0. The number of hydrogen-bond acceptors (Lipinski definition) is 4. The van der Waals surface area contributed by atoms with Crippen molar-refractivity contribution in [3.8, 4) is 0 Å². The Kier molecular flexibility index (Phi) is 4.56. The van der Waals surface area contributed by atoms with Crippen molar-refractivity contribution in [1.29, 1.82) is 0 Å². The summed E-state index contributed by atoms with van der Waals surface area (Å²) in [6.45, 7) is 4.28. The molecule has 0 bridgehead atoms. The van der Waals surface area contributed by atoms with Crippen molar-refractivity contribution in [1.82, 2.24) is 9.97 Å². The van der Waals surface area contributed by atoms with Crippen LogP contribution in [-0.2, 0) is 6.42 Å². The first-order valence-corrected chi connectivity index (χ1v) is 8.21. The van der Waals surface area contributed by atoms with Gasteiger partial charge in [0.05, 0.1) is 0 Å². The molecule has 2 N–H and O–H groups in total. The zero-order valence-electron chi connectivity index (χ0n) is 13.4. The largest absolute Gasteiger partial charge is 0.367 e. The topological polar surface area (TPSA) is 49.8 Å². The fourth-order valence-corrected chi connectivity index (χ4v) is 3.09. The molecule has 0 saturated heterocycles. The summed E-state index contributed by atoms with van der Waals surface area (Å²) in [4.78, 5) is 8.98. The molecule has 22 heavy (non-hydrogen) atoms. The monoisotopic (exact) mass is 296 g/mol. The maximum atomic E-state index is 4.61. The molecule has 2 aromatic rings. The van der Waals surface area contributed by atoms with Gasteiger partial charge in [0, 0.05) is 17.9 Å². The normalized spacial score (nSPS) is 15.0. The second-order valence-electron chi connectivity index (χ2n) is 5.98. The van der Waals surface area contributed by atoms with Gasteiger partial charge in [0.2, 0.25) is 5.95 Å². The average molecular weight is 296 g/mol. The van der Waals surface area contributed by atoms with Crippen molar-refractivity contribution < 1.29 is 0 Å². The second kappa shape index (κ2) is 6.77. The van der Waals surface area contributed by atoms with Gasteiger partial charge in [-0.3, -0.25) is 0 Å². The van der Waals surface area contributed by atoms with Crippen LogP contribution in [0.1, 0.15) is 43.7 Å². The Morgan fingerprint density at radius 2 is 2.00 bits per heavy atom. The maximum absolute atomic E-state index is 4.61. The lowest BCUT2D eigenvalue weighted by atomic mass is 10.1. The highest BCUT2D eigenvalue weighted by atomic mass is 15.1. The van der Waals surface area contributed by atoms with Gasteiger partial charge in [0.15, 0.2) is 0 Å². The van der Waals surface area contributed by atoms with E-state index in [1.807, 2.05) is 12.3 Å². The number of para-hydroxylation sites is 1. The Labute approximate surface area is 132 Å². The molecule has 1 saturated carbocycles. The minimum absolute atomic E-state index is 0.562. The molecule has 0 unspecified atom stereocenters. The summed E-state index contributed by atoms with van der Waals surface area (Å²) in [5.41, 5.74) is 3.64. The number of anilines is 3. The van der Waals surface area contributed by atoms with Crippen LogP contribution in [0.2, 0.25) is 0 Å². The van der Waals surface area contributed by atoms with Gasteiger partial charge in [0.25, 0.3) is 0 Å². The molecule has 1 aromatic heterocycles. The molecule has 116 valence electrons. The molecule has 0 amide bonds. The van der Waals surface area contributed by atoms with Crippen LogP contribution >= 0.6 is 0 Å². The first-order valence-electron chi connectivity index (χ1n) is 8.21. The lowest BCUT2D eigenvalue weighted by molar-refractivity contribution is 0.750. The Hall–Kier alpha value is -2.10. The van der Waals surface area contributed by atoms with Gasteiger partial charge in [-0.2, -0.15) is 4.98 Å². The summed E-state index contributed by atoms with van der Waals surface area (Å²) < 4.78 is 0. The minimum atomic E-state index is 0.562. The highest BCUT2D eigenvalue weighted by Crippen LogP contribution is 2.25. The number of benzene rings is 1. The van der Waals surface area contributed by atoms with Crippen LogP contribution in [0, 0.1) is 6.92 Å². The fraction of sp³-hybridized carbons (Fsp3) is 0.444. The Morgan fingerprint density at radius 3 is 2.77 bits per heavy atom. The molecule has 1 aliphatic rings. The molecule has 1 fully saturated rings. The van der Waals surface area contributed by atoms with Gasteiger partial charge >= 0.3 is 0 Å². The molecule has 1 heterocycles. The van der Waals surface area contributed by atoms with Crippen molar-refractivity contribution in [3.05, 3.63) is 41.6 Å². The lowest BCUT2D eigenvalue weighted by Gasteiger charge is -2.15. The van der Waals surface area contributed by atoms with Crippen LogP contribution in [0.5, 0.6) is 0 Å². The van der Waals surface area contributed by atoms with Gasteiger partial charge < -0.3 is 10.6 Å². The quantitative estimate of drug-likeness (QED) is 0.856. The van der Waals surface area contributed by atoms with Crippen molar-refractivity contribution in [2.45, 2.75) is 52.0 Å². The molecular formula is C18H24N4. The zero-order chi connectivity index (χ0) is 15.4. The van der Waals surface area contributed by atoms with Crippen molar-refractivity contribution in [3.63, 3.8) is 0 Å². The summed E-state index contributed by atoms with van der Waals surface area (Å²) in [6, 6.07) is 8.87. The molecular weight excluding hydrogens is 272 g/mol. The average Bonchev–Trinajstić information content (AvgIpc) is 3.02. The van der Waals surface area contributed by atoms with Gasteiger partial charge in [-0.05, 0) is 43.4 Å². The first-order chi connectivity index (χ1) is 10.8. The van der Waals surface area contributed by atoms with Gasteiger partial charge in [-0.15, -0.1) is 0 Å².